The summed E-state index contributed by atoms with van der Waals surface area (Å²) in [5.41, 5.74) is 2.09. The molecule has 0 fully saturated rings. The first-order valence-corrected chi connectivity index (χ1v) is 9.75. The lowest BCUT2D eigenvalue weighted by Crippen LogP contribution is -2.39. The van der Waals surface area contributed by atoms with Crippen molar-refractivity contribution >= 4 is 29.9 Å². The van der Waals surface area contributed by atoms with Gasteiger partial charge in [-0.3, -0.25) is 9.89 Å². The Balaban J connectivity index is 0.00000841. The number of hydrogen-bond donors (Lipinski definition) is 2. The number of nitrogens with one attached hydrogen (secondary N) is 2. The molecule has 0 radical (unpaired) electrons. The SMILES string of the molecule is CCOCCOc1cc(C)ccc1CNC(=NC)NCCCN(C)CC(F)(F)F.I. The molecule has 0 aliphatic carbocycles. The standard InChI is InChI=1S/C20H33F3N4O2.HI/c1-5-28-11-12-29-18-13-16(2)7-8-17(18)14-26-19(24-3)25-9-6-10-27(4)15-20(21,22)23;/h7-8,13H,5-6,9-12,14-15H2,1-4H3,(H2,24,25,26);1H. The number of alkyl halides is 3. The van der Waals surface area contributed by atoms with Gasteiger partial charge in [0.05, 0.1) is 13.2 Å². The van der Waals surface area contributed by atoms with Gasteiger partial charge >= 0.3 is 6.18 Å². The van der Waals surface area contributed by atoms with E-state index in [1.165, 1.54) is 11.9 Å². The summed E-state index contributed by atoms with van der Waals surface area (Å²) in [7, 11) is 3.12. The number of halogens is 4. The van der Waals surface area contributed by atoms with Crippen LogP contribution in [-0.2, 0) is 11.3 Å². The van der Waals surface area contributed by atoms with E-state index in [1.54, 1.807) is 7.05 Å². The van der Waals surface area contributed by atoms with Gasteiger partial charge < -0.3 is 20.1 Å². The topological polar surface area (TPSA) is 58.1 Å². The van der Waals surface area contributed by atoms with E-state index in [1.807, 2.05) is 32.0 Å². The van der Waals surface area contributed by atoms with Crippen molar-refractivity contribution in [1.29, 1.82) is 0 Å². The number of nitrogens with zero attached hydrogens (tertiary/aromatic N) is 2. The minimum Gasteiger partial charge on any atom is -0.491 e. The van der Waals surface area contributed by atoms with Crippen LogP contribution in [0.15, 0.2) is 23.2 Å². The molecule has 1 aromatic rings. The molecule has 0 atom stereocenters. The van der Waals surface area contributed by atoms with Crippen LogP contribution in [0.3, 0.4) is 0 Å². The first-order chi connectivity index (χ1) is 13.7. The Kier molecular flexibility index (Phi) is 14.9. The third-order valence-corrected chi connectivity index (χ3v) is 4.04. The highest BCUT2D eigenvalue weighted by molar-refractivity contribution is 14.0. The van der Waals surface area contributed by atoms with E-state index in [-0.39, 0.29) is 24.0 Å². The molecule has 174 valence electrons. The van der Waals surface area contributed by atoms with E-state index >= 15 is 0 Å². The summed E-state index contributed by atoms with van der Waals surface area (Å²) in [5, 5.41) is 6.33. The number of aliphatic imine (C=N–C) groups is 1. The molecule has 10 heteroatoms. The summed E-state index contributed by atoms with van der Waals surface area (Å²) in [6.07, 6.45) is -3.60. The smallest absolute Gasteiger partial charge is 0.401 e. The van der Waals surface area contributed by atoms with E-state index < -0.39 is 12.7 Å². The van der Waals surface area contributed by atoms with Gasteiger partial charge in [0.2, 0.25) is 0 Å². The molecule has 0 spiro atoms. The van der Waals surface area contributed by atoms with Gasteiger partial charge in [0.25, 0.3) is 0 Å². The van der Waals surface area contributed by atoms with Gasteiger partial charge in [-0.2, -0.15) is 13.2 Å². The second-order valence-electron chi connectivity index (χ2n) is 6.72. The van der Waals surface area contributed by atoms with Crippen LogP contribution in [0.4, 0.5) is 13.2 Å². The van der Waals surface area contributed by atoms with Gasteiger partial charge in [-0.1, -0.05) is 12.1 Å². The Labute approximate surface area is 194 Å². The molecule has 1 aromatic carbocycles. The molecule has 0 saturated heterocycles. The first kappa shape index (κ1) is 28.7. The summed E-state index contributed by atoms with van der Waals surface area (Å²) in [6, 6.07) is 5.99. The number of guanidine groups is 1. The number of ether oxygens (including phenoxy) is 2. The lowest BCUT2D eigenvalue weighted by Gasteiger charge is -2.19. The van der Waals surface area contributed by atoms with Crippen LogP contribution in [-0.4, -0.2) is 70.6 Å². The van der Waals surface area contributed by atoms with Crippen molar-refractivity contribution in [2.75, 3.05) is 53.6 Å². The molecule has 0 unspecified atom stereocenters. The Morgan fingerprint density at radius 1 is 1.20 bits per heavy atom. The van der Waals surface area contributed by atoms with Crippen LogP contribution in [0.1, 0.15) is 24.5 Å². The zero-order chi connectivity index (χ0) is 21.7. The van der Waals surface area contributed by atoms with Crippen LogP contribution in [0.5, 0.6) is 5.75 Å². The Bertz CT molecular complexity index is 631. The van der Waals surface area contributed by atoms with Crippen molar-refractivity contribution in [1.82, 2.24) is 15.5 Å². The fourth-order valence-electron chi connectivity index (χ4n) is 2.64. The van der Waals surface area contributed by atoms with E-state index in [2.05, 4.69) is 15.6 Å². The van der Waals surface area contributed by atoms with Crippen molar-refractivity contribution in [3.63, 3.8) is 0 Å². The summed E-state index contributed by atoms with van der Waals surface area (Å²) < 4.78 is 48.1. The minimum absolute atomic E-state index is 0. The van der Waals surface area contributed by atoms with Gasteiger partial charge in [-0.05, 0) is 45.5 Å². The lowest BCUT2D eigenvalue weighted by molar-refractivity contribution is -0.143. The molecule has 6 nitrogen and oxygen atoms in total. The largest absolute Gasteiger partial charge is 0.491 e. The molecule has 30 heavy (non-hydrogen) atoms. The van der Waals surface area contributed by atoms with Crippen LogP contribution < -0.4 is 15.4 Å². The maximum Gasteiger partial charge on any atom is 0.401 e. The van der Waals surface area contributed by atoms with Crippen LogP contribution in [0, 0.1) is 6.92 Å². The maximum atomic E-state index is 12.3. The average molecular weight is 546 g/mol. The molecule has 0 heterocycles. The van der Waals surface area contributed by atoms with Crippen molar-refractivity contribution in [3.8, 4) is 5.75 Å². The highest BCUT2D eigenvalue weighted by Gasteiger charge is 2.28. The molecule has 0 aliphatic rings. The van der Waals surface area contributed by atoms with Crippen molar-refractivity contribution in [3.05, 3.63) is 29.3 Å². The van der Waals surface area contributed by atoms with Gasteiger partial charge in [0.15, 0.2) is 5.96 Å². The van der Waals surface area contributed by atoms with Crippen molar-refractivity contribution in [2.45, 2.75) is 33.0 Å². The quantitative estimate of drug-likeness (QED) is 0.182. The van der Waals surface area contributed by atoms with Crippen LogP contribution in [0.2, 0.25) is 0 Å². The zero-order valence-electron chi connectivity index (χ0n) is 18.1. The van der Waals surface area contributed by atoms with Gasteiger partial charge in [-0.25, -0.2) is 0 Å². The molecule has 1 rings (SSSR count). The molecule has 0 bridgehead atoms. The predicted octanol–water partition coefficient (Wildman–Crippen LogP) is 3.58. The lowest BCUT2D eigenvalue weighted by atomic mass is 10.1. The molecular formula is C20H34F3IN4O2. The summed E-state index contributed by atoms with van der Waals surface area (Å²) in [5.74, 6) is 1.38. The van der Waals surface area contributed by atoms with Gasteiger partial charge in [-0.15, -0.1) is 24.0 Å². The van der Waals surface area contributed by atoms with Gasteiger partial charge in [0, 0.05) is 32.3 Å². The fraction of sp³-hybridized carbons (Fsp3) is 0.650. The molecule has 0 saturated carbocycles. The van der Waals surface area contributed by atoms with E-state index in [0.29, 0.717) is 51.8 Å². The number of hydrogen-bond acceptors (Lipinski definition) is 4. The summed E-state index contributed by atoms with van der Waals surface area (Å²) in [4.78, 5) is 5.41. The molecule has 0 aliphatic heterocycles. The van der Waals surface area contributed by atoms with E-state index in [9.17, 15) is 13.2 Å². The maximum absolute atomic E-state index is 12.3. The molecular weight excluding hydrogens is 512 g/mol. The molecule has 0 aromatic heterocycles. The highest BCUT2D eigenvalue weighted by atomic mass is 127. The Morgan fingerprint density at radius 3 is 2.57 bits per heavy atom. The number of aryl methyl sites for hydroxylation is 1. The second kappa shape index (κ2) is 15.5. The zero-order valence-corrected chi connectivity index (χ0v) is 20.5. The number of rotatable bonds is 12. The Morgan fingerprint density at radius 2 is 1.93 bits per heavy atom. The molecule has 0 amide bonds. The normalized spacial score (nSPS) is 11.9. The van der Waals surface area contributed by atoms with Crippen molar-refractivity contribution < 1.29 is 22.6 Å². The van der Waals surface area contributed by atoms with E-state index in [4.69, 9.17) is 9.47 Å². The molecule has 2 N–H and O–H groups in total. The third-order valence-electron chi connectivity index (χ3n) is 4.04. The van der Waals surface area contributed by atoms with E-state index in [0.717, 1.165) is 16.9 Å². The van der Waals surface area contributed by atoms with Gasteiger partial charge in [0.1, 0.15) is 12.4 Å². The highest BCUT2D eigenvalue weighted by Crippen LogP contribution is 2.20. The second-order valence-corrected chi connectivity index (χ2v) is 6.72. The summed E-state index contributed by atoms with van der Waals surface area (Å²) >= 11 is 0. The number of benzene rings is 1. The minimum atomic E-state index is -4.17. The monoisotopic (exact) mass is 546 g/mol. The predicted molar refractivity (Wildman–Crippen MR) is 125 cm³/mol. The Hall–Kier alpha value is -1.27. The van der Waals surface area contributed by atoms with Crippen molar-refractivity contribution in [2.24, 2.45) is 4.99 Å². The third kappa shape index (κ3) is 13.1. The first-order valence-electron chi connectivity index (χ1n) is 9.75. The van der Waals surface area contributed by atoms with Crippen LogP contribution >= 0.6 is 24.0 Å². The average Bonchev–Trinajstić information content (AvgIpc) is 2.64. The summed E-state index contributed by atoms with van der Waals surface area (Å²) in [6.45, 7) is 6.08. The van der Waals surface area contributed by atoms with Crippen LogP contribution in [0.25, 0.3) is 0 Å². The fourth-order valence-corrected chi connectivity index (χ4v) is 2.64.